The minimum Gasteiger partial charge on any atom is -0.444 e. The van der Waals surface area contributed by atoms with Crippen LogP contribution in [0.3, 0.4) is 0 Å². The Labute approximate surface area is 256 Å². The number of anilines is 1. The zero-order chi connectivity index (χ0) is 29.7. The molecule has 0 spiro atoms. The van der Waals surface area contributed by atoms with E-state index in [2.05, 4.69) is 57.7 Å². The fourth-order valence-electron chi connectivity index (χ4n) is 6.87. The number of nitrogens with zero attached hydrogens (tertiary/aromatic N) is 7. The monoisotopic (exact) mass is 601 g/mol. The van der Waals surface area contributed by atoms with E-state index in [1.54, 1.807) is 11.3 Å². The highest BCUT2D eigenvalue weighted by Gasteiger charge is 2.46. The van der Waals surface area contributed by atoms with Gasteiger partial charge < -0.3 is 19.3 Å². The van der Waals surface area contributed by atoms with E-state index in [1.165, 1.54) is 0 Å². The van der Waals surface area contributed by atoms with E-state index in [1.807, 2.05) is 42.1 Å². The molecule has 0 aliphatic carbocycles. The van der Waals surface area contributed by atoms with Crippen LogP contribution in [0.25, 0.3) is 32.6 Å². The molecule has 0 saturated carbocycles. The van der Waals surface area contributed by atoms with Crippen molar-refractivity contribution < 1.29 is 14.3 Å². The molecule has 11 heteroatoms. The summed E-state index contributed by atoms with van der Waals surface area (Å²) in [5, 5.41) is 13.9. The SMILES string of the molecule is CN(c1ccc(-c2ccc(-c3cnn(C4CCCCO4)c3)c3ncsc23)nn1)C1CC2CCC(C1)N2C(=O)OC(C)(C)C. The Morgan fingerprint density at radius 3 is 2.53 bits per heavy atom. The number of carbonyl (C=O) groups excluding carboxylic acids is 1. The van der Waals surface area contributed by atoms with E-state index in [4.69, 9.17) is 14.5 Å². The average molecular weight is 602 g/mol. The lowest BCUT2D eigenvalue weighted by Crippen LogP contribution is -2.53. The summed E-state index contributed by atoms with van der Waals surface area (Å²) in [5.41, 5.74) is 6.28. The third-order valence-corrected chi connectivity index (χ3v) is 9.85. The van der Waals surface area contributed by atoms with Crippen molar-refractivity contribution in [3.63, 3.8) is 0 Å². The first-order valence-electron chi connectivity index (χ1n) is 15.4. The van der Waals surface area contributed by atoms with Crippen molar-refractivity contribution in [1.29, 1.82) is 0 Å². The first kappa shape index (κ1) is 28.2. The molecule has 4 aromatic rings. The molecule has 3 aliphatic rings. The predicted molar refractivity (Wildman–Crippen MR) is 167 cm³/mol. The Morgan fingerprint density at radius 2 is 1.84 bits per heavy atom. The number of piperidine rings is 1. The maximum atomic E-state index is 12.9. The number of hydrogen-bond donors (Lipinski definition) is 0. The molecule has 3 atom stereocenters. The van der Waals surface area contributed by atoms with Gasteiger partial charge in [0.1, 0.15) is 11.8 Å². The quantitative estimate of drug-likeness (QED) is 0.250. The van der Waals surface area contributed by atoms with Gasteiger partial charge in [0.15, 0.2) is 5.82 Å². The molecule has 0 radical (unpaired) electrons. The molecular weight excluding hydrogens is 562 g/mol. The van der Waals surface area contributed by atoms with Gasteiger partial charge in [0, 0.05) is 54.7 Å². The van der Waals surface area contributed by atoms with Gasteiger partial charge in [-0.25, -0.2) is 14.5 Å². The van der Waals surface area contributed by atoms with Crippen LogP contribution in [0.5, 0.6) is 0 Å². The molecule has 2 bridgehead atoms. The summed E-state index contributed by atoms with van der Waals surface area (Å²) >= 11 is 1.62. The Bertz CT molecular complexity index is 1590. The minimum absolute atomic E-state index is 0.00676. The predicted octanol–water partition coefficient (Wildman–Crippen LogP) is 6.68. The molecule has 226 valence electrons. The smallest absolute Gasteiger partial charge is 0.410 e. The standard InChI is InChI=1S/C32H39N7O3S/c1-32(2,3)42-31(40)39-21-8-9-22(39)16-23(15-21)37(4)27-13-12-26(35-36-27)25-11-10-24(29-30(25)43-19-33-29)20-17-34-38(18-20)28-7-5-6-14-41-28/h10-13,17-19,21-23,28H,5-9,14-16H2,1-4H3. The van der Waals surface area contributed by atoms with Crippen LogP contribution in [0.15, 0.2) is 42.2 Å². The lowest BCUT2D eigenvalue weighted by atomic mass is 9.96. The van der Waals surface area contributed by atoms with E-state index >= 15 is 0 Å². The molecule has 43 heavy (non-hydrogen) atoms. The fourth-order valence-corrected chi connectivity index (χ4v) is 7.71. The van der Waals surface area contributed by atoms with Crippen LogP contribution in [-0.2, 0) is 9.47 Å². The van der Waals surface area contributed by atoms with Gasteiger partial charge in [-0.2, -0.15) is 5.10 Å². The van der Waals surface area contributed by atoms with Crippen molar-refractivity contribution in [2.45, 2.75) is 95.7 Å². The maximum Gasteiger partial charge on any atom is 0.410 e. The van der Waals surface area contributed by atoms with Crippen molar-refractivity contribution in [2.24, 2.45) is 0 Å². The van der Waals surface area contributed by atoms with E-state index in [0.29, 0.717) is 6.04 Å². The number of fused-ring (bicyclic) bond motifs is 3. The van der Waals surface area contributed by atoms with Gasteiger partial charge in [-0.05, 0) is 77.8 Å². The topological polar surface area (TPSA) is 98.5 Å². The lowest BCUT2D eigenvalue weighted by Gasteiger charge is -2.42. The second-order valence-electron chi connectivity index (χ2n) is 13.0. The number of thiazole rings is 1. The van der Waals surface area contributed by atoms with Crippen LogP contribution in [0.4, 0.5) is 10.6 Å². The molecule has 3 fully saturated rings. The third kappa shape index (κ3) is 5.48. The van der Waals surface area contributed by atoms with Crippen molar-refractivity contribution >= 4 is 33.5 Å². The van der Waals surface area contributed by atoms with Gasteiger partial charge in [-0.3, -0.25) is 0 Å². The Hall–Kier alpha value is -3.57. The summed E-state index contributed by atoms with van der Waals surface area (Å²) in [4.78, 5) is 21.8. The zero-order valence-electron chi connectivity index (χ0n) is 25.3. The second-order valence-corrected chi connectivity index (χ2v) is 13.9. The summed E-state index contributed by atoms with van der Waals surface area (Å²) in [5.74, 6) is 0.841. The van der Waals surface area contributed by atoms with Gasteiger partial charge >= 0.3 is 6.09 Å². The molecule has 7 rings (SSSR count). The lowest BCUT2D eigenvalue weighted by molar-refractivity contribution is -0.0394. The fraction of sp³-hybridized carbons (Fsp3) is 0.531. The van der Waals surface area contributed by atoms with Crippen LogP contribution in [-0.4, -0.2) is 73.3 Å². The number of hydrogen-bond acceptors (Lipinski definition) is 9. The van der Waals surface area contributed by atoms with Crippen molar-refractivity contribution in [2.75, 3.05) is 18.6 Å². The molecule has 3 aliphatic heterocycles. The van der Waals surface area contributed by atoms with E-state index in [0.717, 1.165) is 90.0 Å². The van der Waals surface area contributed by atoms with Gasteiger partial charge in [0.2, 0.25) is 0 Å². The molecule has 0 N–H and O–H groups in total. The van der Waals surface area contributed by atoms with Crippen LogP contribution in [0, 0.1) is 0 Å². The number of amides is 1. The van der Waals surface area contributed by atoms with Gasteiger partial charge in [-0.15, -0.1) is 21.5 Å². The van der Waals surface area contributed by atoms with Crippen molar-refractivity contribution in [3.8, 4) is 22.4 Å². The summed E-state index contributed by atoms with van der Waals surface area (Å²) in [6, 6.07) is 9.03. The first-order valence-corrected chi connectivity index (χ1v) is 16.2. The minimum atomic E-state index is -0.486. The van der Waals surface area contributed by atoms with E-state index < -0.39 is 5.60 Å². The first-order chi connectivity index (χ1) is 20.7. The highest BCUT2D eigenvalue weighted by atomic mass is 32.1. The van der Waals surface area contributed by atoms with Gasteiger partial charge in [0.05, 0.1) is 27.6 Å². The number of ether oxygens (including phenoxy) is 2. The van der Waals surface area contributed by atoms with E-state index in [-0.39, 0.29) is 24.4 Å². The maximum absolute atomic E-state index is 12.9. The third-order valence-electron chi connectivity index (χ3n) is 9.00. The van der Waals surface area contributed by atoms with Crippen LogP contribution in [0.1, 0.15) is 71.9 Å². The number of aromatic nitrogens is 5. The van der Waals surface area contributed by atoms with Crippen molar-refractivity contribution in [3.05, 3.63) is 42.2 Å². The molecular formula is C32H39N7O3S. The second kappa shape index (κ2) is 11.2. The number of benzene rings is 1. The van der Waals surface area contributed by atoms with Gasteiger partial charge in [0.25, 0.3) is 0 Å². The highest BCUT2D eigenvalue weighted by molar-refractivity contribution is 7.17. The summed E-state index contributed by atoms with van der Waals surface area (Å²) < 4.78 is 14.7. The largest absolute Gasteiger partial charge is 0.444 e. The summed E-state index contributed by atoms with van der Waals surface area (Å²) in [6.45, 7) is 6.56. The molecule has 6 heterocycles. The molecule has 10 nitrogen and oxygen atoms in total. The zero-order valence-corrected chi connectivity index (χ0v) is 26.1. The molecule has 1 amide bonds. The molecule has 3 aromatic heterocycles. The molecule has 3 saturated heterocycles. The van der Waals surface area contributed by atoms with E-state index in [9.17, 15) is 4.79 Å². The highest BCUT2D eigenvalue weighted by Crippen LogP contribution is 2.40. The Morgan fingerprint density at radius 1 is 1.05 bits per heavy atom. The average Bonchev–Trinajstić information content (AvgIpc) is 3.74. The Kier molecular flexibility index (Phi) is 7.33. The summed E-state index contributed by atoms with van der Waals surface area (Å²) in [6.07, 6.45) is 10.9. The Balaban J connectivity index is 1.07. The summed E-state index contributed by atoms with van der Waals surface area (Å²) in [7, 11) is 2.09. The normalized spacial score (nSPS) is 24.0. The van der Waals surface area contributed by atoms with Gasteiger partial charge in [-0.1, -0.05) is 12.1 Å². The number of carbonyl (C=O) groups is 1. The van der Waals surface area contributed by atoms with Crippen LogP contribution in [0.2, 0.25) is 0 Å². The molecule has 1 aromatic carbocycles. The van der Waals surface area contributed by atoms with Crippen LogP contribution >= 0.6 is 11.3 Å². The molecule has 3 unspecified atom stereocenters. The van der Waals surface area contributed by atoms with Crippen molar-refractivity contribution in [1.82, 2.24) is 29.9 Å². The number of rotatable bonds is 5. The van der Waals surface area contributed by atoms with Crippen LogP contribution < -0.4 is 4.90 Å².